The molecular weight excluding hydrogens is 539 g/mol. The summed E-state index contributed by atoms with van der Waals surface area (Å²) >= 11 is 0. The molecule has 4 aromatic rings. The lowest BCUT2D eigenvalue weighted by Crippen LogP contribution is -2.24. The molecule has 39 heavy (non-hydrogen) atoms. The van der Waals surface area contributed by atoms with Crippen molar-refractivity contribution in [2.45, 2.75) is 45.1 Å². The van der Waals surface area contributed by atoms with Gasteiger partial charge in [-0.05, 0) is 30.0 Å². The number of aromatic nitrogens is 5. The maximum atomic E-state index is 14.5. The summed E-state index contributed by atoms with van der Waals surface area (Å²) in [7, 11) is 0. The zero-order valence-corrected chi connectivity index (χ0v) is 20.0. The van der Waals surface area contributed by atoms with Crippen LogP contribution in [0.2, 0.25) is 0 Å². The zero-order chi connectivity index (χ0) is 28.9. The second-order valence-electron chi connectivity index (χ2n) is 8.18. The van der Waals surface area contributed by atoms with E-state index in [4.69, 9.17) is 5.11 Å². The predicted octanol–water partition coefficient (Wildman–Crippen LogP) is 5.17. The van der Waals surface area contributed by atoms with E-state index in [1.165, 1.54) is 16.8 Å². The highest BCUT2D eigenvalue weighted by Gasteiger charge is 2.37. The molecule has 8 nitrogen and oxygen atoms in total. The number of pyridine rings is 1. The van der Waals surface area contributed by atoms with Gasteiger partial charge in [0.05, 0.1) is 29.3 Å². The second-order valence-corrected chi connectivity index (χ2v) is 8.18. The molecule has 4 rings (SSSR count). The maximum Gasteiger partial charge on any atom is 0.425 e. The van der Waals surface area contributed by atoms with Crippen molar-refractivity contribution < 1.29 is 35.8 Å². The lowest BCUT2D eigenvalue weighted by Gasteiger charge is -2.11. The summed E-state index contributed by atoms with van der Waals surface area (Å²) in [6, 6.07) is 4.00. The highest BCUT2D eigenvalue weighted by atomic mass is 19.4. The fourth-order valence-electron chi connectivity index (χ4n) is 3.49. The Morgan fingerprint density at radius 1 is 1.08 bits per heavy atom. The van der Waals surface area contributed by atoms with E-state index < -0.39 is 47.0 Å². The van der Waals surface area contributed by atoms with Gasteiger partial charge in [-0.1, -0.05) is 13.3 Å². The first-order chi connectivity index (χ1) is 18.3. The monoisotopic (exact) mass is 559 g/mol. The summed E-state index contributed by atoms with van der Waals surface area (Å²) in [5, 5.41) is 13.7. The van der Waals surface area contributed by atoms with Crippen molar-refractivity contribution in [3.05, 3.63) is 80.6 Å². The van der Waals surface area contributed by atoms with Crippen LogP contribution in [0.5, 0.6) is 5.75 Å². The number of rotatable bonds is 6. The van der Waals surface area contributed by atoms with Crippen molar-refractivity contribution in [1.29, 1.82) is 0 Å². The number of benzene rings is 1. The fraction of sp³-hybridized carbons (Fsp3) is 0.292. The summed E-state index contributed by atoms with van der Waals surface area (Å²) < 4.78 is 90.4. The average Bonchev–Trinajstić information content (AvgIpc) is 2.85. The summed E-state index contributed by atoms with van der Waals surface area (Å²) in [5.74, 6) is -1.99. The number of hydrogen-bond donors (Lipinski definition) is 2. The summed E-state index contributed by atoms with van der Waals surface area (Å²) in [4.78, 5) is 30.5. The number of hydrogen-bond acceptors (Lipinski definition) is 6. The van der Waals surface area contributed by atoms with Crippen LogP contribution in [0.25, 0.3) is 22.2 Å². The van der Waals surface area contributed by atoms with Crippen LogP contribution < -0.4 is 11.1 Å². The van der Waals surface area contributed by atoms with Crippen molar-refractivity contribution in [3.63, 3.8) is 0 Å². The number of aromatic amines is 1. The molecule has 0 aliphatic rings. The summed E-state index contributed by atoms with van der Waals surface area (Å²) in [6.07, 6.45) is -3.90. The fourth-order valence-corrected chi connectivity index (χ4v) is 3.49. The van der Waals surface area contributed by atoms with E-state index in [1.807, 2.05) is 6.92 Å². The van der Waals surface area contributed by atoms with Crippen LogP contribution in [0.3, 0.4) is 0 Å². The second kappa shape index (κ2) is 12.0. The van der Waals surface area contributed by atoms with Gasteiger partial charge in [0.25, 0.3) is 17.5 Å². The number of nitrogens with one attached hydrogen (secondary N) is 1. The average molecular weight is 559 g/mol. The number of fused-ring (bicyclic) bond motifs is 1. The molecule has 0 aliphatic carbocycles. The standard InChI is InChI=1S/C19H17F4N3O.C5H3F3N2O2/c1-2-3-13(20)10-26-5-4-11-6-15(16(21)7-14(11)19(26)27)18-24-8-12(9-25-18)17(22)23;6-5(7,8)3-2(11)1-9-10-4(3)12/h4-9,13,17H,2-3,10H2,1H3;1H,(H2,10,11,12). The third-order valence-corrected chi connectivity index (χ3v) is 5.35. The highest BCUT2D eigenvalue weighted by Crippen LogP contribution is 2.31. The number of alkyl halides is 6. The minimum Gasteiger partial charge on any atom is -0.505 e. The molecule has 3 heterocycles. The van der Waals surface area contributed by atoms with Crippen molar-refractivity contribution in [2.75, 3.05) is 0 Å². The van der Waals surface area contributed by atoms with E-state index in [9.17, 15) is 40.3 Å². The van der Waals surface area contributed by atoms with Crippen LogP contribution >= 0.6 is 0 Å². The molecular formula is C24H20F7N5O3. The van der Waals surface area contributed by atoms with E-state index in [-0.39, 0.29) is 28.9 Å². The molecule has 0 saturated heterocycles. The van der Waals surface area contributed by atoms with Gasteiger partial charge >= 0.3 is 6.18 Å². The minimum atomic E-state index is -4.86. The molecule has 0 aliphatic heterocycles. The Hall–Kier alpha value is -4.30. The van der Waals surface area contributed by atoms with E-state index in [1.54, 1.807) is 11.2 Å². The predicted molar refractivity (Wildman–Crippen MR) is 125 cm³/mol. The van der Waals surface area contributed by atoms with E-state index >= 15 is 0 Å². The minimum absolute atomic E-state index is 0.00480. The highest BCUT2D eigenvalue weighted by molar-refractivity contribution is 5.85. The normalized spacial score (nSPS) is 12.3. The van der Waals surface area contributed by atoms with E-state index in [0.29, 0.717) is 24.4 Å². The van der Waals surface area contributed by atoms with Crippen molar-refractivity contribution in [3.8, 4) is 17.1 Å². The Balaban J connectivity index is 0.000000293. The van der Waals surface area contributed by atoms with Gasteiger partial charge in [-0.15, -0.1) is 0 Å². The first kappa shape index (κ1) is 29.3. The van der Waals surface area contributed by atoms with Crippen molar-refractivity contribution in [1.82, 2.24) is 24.7 Å². The maximum absolute atomic E-state index is 14.5. The number of H-pyrrole nitrogens is 1. The smallest absolute Gasteiger partial charge is 0.425 e. The van der Waals surface area contributed by atoms with Gasteiger partial charge < -0.3 is 9.67 Å². The molecule has 0 fully saturated rings. The van der Waals surface area contributed by atoms with Gasteiger partial charge in [-0.25, -0.2) is 32.6 Å². The summed E-state index contributed by atoms with van der Waals surface area (Å²) in [5.41, 5.74) is -3.95. The Morgan fingerprint density at radius 2 is 1.74 bits per heavy atom. The van der Waals surface area contributed by atoms with Crippen molar-refractivity contribution in [2.24, 2.45) is 0 Å². The van der Waals surface area contributed by atoms with Crippen LogP contribution in [-0.4, -0.2) is 36.0 Å². The van der Waals surface area contributed by atoms with Crippen LogP contribution in [0, 0.1) is 5.82 Å². The topological polar surface area (TPSA) is 114 Å². The summed E-state index contributed by atoms with van der Waals surface area (Å²) in [6.45, 7) is 1.76. The third kappa shape index (κ3) is 6.97. The number of halogens is 7. The van der Waals surface area contributed by atoms with Gasteiger partial charge in [0, 0.05) is 18.6 Å². The van der Waals surface area contributed by atoms with Crippen LogP contribution in [0.1, 0.15) is 37.3 Å². The Kier molecular flexibility index (Phi) is 9.04. The molecule has 1 unspecified atom stereocenters. The molecule has 1 atom stereocenters. The number of aromatic hydroxyl groups is 1. The molecule has 0 saturated carbocycles. The van der Waals surface area contributed by atoms with Gasteiger partial charge in [-0.3, -0.25) is 9.59 Å². The quantitative estimate of drug-likeness (QED) is 0.315. The molecule has 0 spiro atoms. The van der Waals surface area contributed by atoms with Gasteiger partial charge in [0.15, 0.2) is 17.1 Å². The van der Waals surface area contributed by atoms with Gasteiger partial charge in [-0.2, -0.15) is 18.3 Å². The Labute approximate surface area is 214 Å². The SMILES string of the molecule is CCCC(F)Cn1ccc2cc(-c3ncc(C(F)F)cn3)c(F)cc2c1=O.O=c1[nH]ncc(O)c1C(F)(F)F. The zero-order valence-electron chi connectivity index (χ0n) is 20.0. The molecule has 208 valence electrons. The molecule has 2 N–H and O–H groups in total. The molecule has 0 bridgehead atoms. The van der Waals surface area contributed by atoms with Crippen LogP contribution in [0.15, 0.2) is 52.6 Å². The Bertz CT molecular complexity index is 1550. The van der Waals surface area contributed by atoms with Crippen LogP contribution in [-0.2, 0) is 12.7 Å². The number of nitrogens with zero attached hydrogens (tertiary/aromatic N) is 4. The lowest BCUT2D eigenvalue weighted by atomic mass is 10.1. The lowest BCUT2D eigenvalue weighted by molar-refractivity contribution is -0.140. The van der Waals surface area contributed by atoms with Gasteiger partial charge in [0.1, 0.15) is 12.0 Å². The molecule has 1 aromatic carbocycles. The molecule has 3 aromatic heterocycles. The molecule has 15 heteroatoms. The van der Waals surface area contributed by atoms with E-state index in [2.05, 4.69) is 15.1 Å². The van der Waals surface area contributed by atoms with Gasteiger partial charge in [0.2, 0.25) is 0 Å². The molecule has 0 radical (unpaired) electrons. The van der Waals surface area contributed by atoms with E-state index in [0.717, 1.165) is 18.5 Å². The van der Waals surface area contributed by atoms with Crippen LogP contribution in [0.4, 0.5) is 30.7 Å². The Morgan fingerprint density at radius 3 is 2.28 bits per heavy atom. The molecule has 0 amide bonds. The third-order valence-electron chi connectivity index (χ3n) is 5.35. The first-order valence-corrected chi connectivity index (χ1v) is 11.2. The first-order valence-electron chi connectivity index (χ1n) is 11.2. The van der Waals surface area contributed by atoms with Crippen molar-refractivity contribution >= 4 is 10.8 Å². The largest absolute Gasteiger partial charge is 0.505 e.